The standard InChI is InChI=1S/C51H56FN11O5/c52-43-27-41(56-45-8-11-47(64)57-51(45)67)7-10-46(43)61-19-15-35(16-20-61)31-60-21-23-62(24-22-60)49(66)33-59-17-13-36(14-18-59)34-68-42-29-54-50(55-30-42)40-6-2-4-38(26-40)32-63-48(65)12-9-44(58-63)39-5-1-3-37(25-39)28-53/h1-7,9-10,12,25-27,29-30,35-36,45,56H,8,11,13-24,31-34H2,(H,57,64,67). The molecule has 5 aromatic rings. The van der Waals surface area contributed by atoms with Gasteiger partial charge in [0.1, 0.15) is 11.9 Å². The van der Waals surface area contributed by atoms with Gasteiger partial charge in [-0.1, -0.05) is 30.3 Å². The molecule has 0 bridgehead atoms. The van der Waals surface area contributed by atoms with Gasteiger partial charge >= 0.3 is 0 Å². The Morgan fingerprint density at radius 3 is 2.31 bits per heavy atom. The van der Waals surface area contributed by atoms with Gasteiger partial charge in [0.05, 0.1) is 55.1 Å². The number of aromatic nitrogens is 4. The monoisotopic (exact) mass is 921 g/mol. The van der Waals surface area contributed by atoms with Crippen LogP contribution in [0.1, 0.15) is 49.7 Å². The van der Waals surface area contributed by atoms with Gasteiger partial charge in [0.15, 0.2) is 11.6 Å². The van der Waals surface area contributed by atoms with Crippen molar-refractivity contribution >= 4 is 29.1 Å². The SMILES string of the molecule is N#Cc1cccc(-c2ccc(=O)n(Cc3cccc(-c4ncc(OCC5CCN(CC(=O)N6CCN(CC7CCN(c8ccc(NC9CCC(=O)NC9=O)cc8F)CC7)CC6)CC5)cn4)c3)n2)c1. The minimum Gasteiger partial charge on any atom is -0.490 e. The number of halogens is 1. The Morgan fingerprint density at radius 1 is 0.809 bits per heavy atom. The quantitative estimate of drug-likeness (QED) is 0.145. The molecular weight excluding hydrogens is 866 g/mol. The number of likely N-dealkylation sites (tertiary alicyclic amines) is 1. The van der Waals surface area contributed by atoms with Crippen LogP contribution in [0.4, 0.5) is 15.8 Å². The average Bonchev–Trinajstić information content (AvgIpc) is 3.36. The van der Waals surface area contributed by atoms with Gasteiger partial charge in [-0.3, -0.25) is 34.3 Å². The Morgan fingerprint density at radius 2 is 1.56 bits per heavy atom. The summed E-state index contributed by atoms with van der Waals surface area (Å²) >= 11 is 0. The number of piperidine rings is 3. The summed E-state index contributed by atoms with van der Waals surface area (Å²) in [4.78, 5) is 67.6. The maximum absolute atomic E-state index is 15.2. The molecule has 0 saturated carbocycles. The first-order chi connectivity index (χ1) is 33.1. The second-order valence-corrected chi connectivity index (χ2v) is 18.3. The van der Waals surface area contributed by atoms with E-state index in [1.165, 1.54) is 16.8 Å². The molecule has 4 aliphatic heterocycles. The molecule has 3 aromatic carbocycles. The van der Waals surface area contributed by atoms with Crippen LogP contribution in [-0.4, -0.2) is 130 Å². The number of ether oxygens (including phenoxy) is 1. The number of imide groups is 1. The van der Waals surface area contributed by atoms with Crippen molar-refractivity contribution in [2.45, 2.75) is 51.1 Å². The molecule has 1 unspecified atom stereocenters. The van der Waals surface area contributed by atoms with Gasteiger partial charge in [0.2, 0.25) is 17.7 Å². The van der Waals surface area contributed by atoms with Crippen molar-refractivity contribution in [3.05, 3.63) is 119 Å². The number of nitrogens with one attached hydrogen (secondary N) is 2. The van der Waals surface area contributed by atoms with Gasteiger partial charge in [-0.2, -0.15) is 10.4 Å². The Labute approximate surface area is 394 Å². The summed E-state index contributed by atoms with van der Waals surface area (Å²) in [5, 5.41) is 19.2. The van der Waals surface area contributed by atoms with Crippen LogP contribution >= 0.6 is 0 Å². The zero-order chi connectivity index (χ0) is 47.0. The van der Waals surface area contributed by atoms with Crippen LogP contribution in [0.5, 0.6) is 5.75 Å². The zero-order valence-corrected chi connectivity index (χ0v) is 38.1. The molecule has 6 heterocycles. The van der Waals surface area contributed by atoms with Gasteiger partial charge in [-0.05, 0) is 105 Å². The van der Waals surface area contributed by atoms with Crippen molar-refractivity contribution in [3.63, 3.8) is 0 Å². The normalized spacial score (nSPS) is 18.8. The molecular formula is C51H56FN11O5. The van der Waals surface area contributed by atoms with Gasteiger partial charge in [0.25, 0.3) is 5.56 Å². The van der Waals surface area contributed by atoms with E-state index in [0.717, 1.165) is 101 Å². The highest BCUT2D eigenvalue weighted by atomic mass is 19.1. The van der Waals surface area contributed by atoms with E-state index in [4.69, 9.17) is 4.74 Å². The van der Waals surface area contributed by atoms with Gasteiger partial charge < -0.3 is 19.9 Å². The van der Waals surface area contributed by atoms with Crippen LogP contribution < -0.4 is 25.8 Å². The molecule has 68 heavy (non-hydrogen) atoms. The Hall–Kier alpha value is -7.03. The summed E-state index contributed by atoms with van der Waals surface area (Å²) in [6.45, 7) is 8.63. The Bertz CT molecular complexity index is 2700. The molecule has 4 fully saturated rings. The first-order valence-corrected chi connectivity index (χ1v) is 23.6. The molecule has 0 radical (unpaired) electrons. The van der Waals surface area contributed by atoms with E-state index in [1.54, 1.807) is 48.8 Å². The van der Waals surface area contributed by atoms with Gasteiger partial charge in [0, 0.05) is 75.1 Å². The molecule has 4 aliphatic rings. The molecule has 3 amide bonds. The minimum absolute atomic E-state index is 0.189. The number of hydrogen-bond acceptors (Lipinski definition) is 13. The fraction of sp³-hybridized carbons (Fsp3) is 0.412. The predicted molar refractivity (Wildman–Crippen MR) is 254 cm³/mol. The third-order valence-corrected chi connectivity index (χ3v) is 13.6. The van der Waals surface area contributed by atoms with Crippen LogP contribution in [0, 0.1) is 29.0 Å². The number of piperazine rings is 1. The van der Waals surface area contributed by atoms with Crippen molar-refractivity contribution in [3.8, 4) is 34.5 Å². The summed E-state index contributed by atoms with van der Waals surface area (Å²) in [6.07, 6.45) is 7.85. The third-order valence-electron chi connectivity index (χ3n) is 13.6. The molecule has 16 nitrogen and oxygen atoms in total. The summed E-state index contributed by atoms with van der Waals surface area (Å²) in [5.74, 6) is 1.22. The summed E-state index contributed by atoms with van der Waals surface area (Å²) in [5.41, 5.74) is 4.42. The Balaban J connectivity index is 0.661. The van der Waals surface area contributed by atoms with Crippen LogP contribution in [0.15, 0.2) is 96.1 Å². The van der Waals surface area contributed by atoms with E-state index in [0.29, 0.717) is 65.6 Å². The van der Waals surface area contributed by atoms with E-state index >= 15 is 4.39 Å². The molecule has 9 rings (SSSR count). The van der Waals surface area contributed by atoms with Crippen LogP contribution in [0.3, 0.4) is 0 Å². The highest BCUT2D eigenvalue weighted by molar-refractivity contribution is 6.01. The number of benzene rings is 3. The minimum atomic E-state index is -0.556. The van der Waals surface area contributed by atoms with Crippen molar-refractivity contribution in [2.75, 3.05) is 82.3 Å². The van der Waals surface area contributed by atoms with Crippen molar-refractivity contribution in [1.29, 1.82) is 5.26 Å². The number of hydrogen-bond donors (Lipinski definition) is 2. The van der Waals surface area contributed by atoms with Crippen LogP contribution in [0.2, 0.25) is 0 Å². The lowest BCUT2D eigenvalue weighted by molar-refractivity contribution is -0.135. The maximum atomic E-state index is 15.2. The molecule has 0 aliphatic carbocycles. The number of anilines is 2. The van der Waals surface area contributed by atoms with E-state index in [-0.39, 0.29) is 42.1 Å². The lowest BCUT2D eigenvalue weighted by Gasteiger charge is -2.40. The average molecular weight is 922 g/mol. The molecule has 17 heteroatoms. The summed E-state index contributed by atoms with van der Waals surface area (Å²) in [7, 11) is 0. The number of carbonyl (C=O) groups excluding carboxylic acids is 3. The lowest BCUT2D eigenvalue weighted by atomic mass is 9.95. The number of rotatable bonds is 14. The highest BCUT2D eigenvalue weighted by Gasteiger charge is 2.30. The number of nitrogens with zero attached hydrogens (tertiary/aromatic N) is 9. The maximum Gasteiger partial charge on any atom is 0.267 e. The van der Waals surface area contributed by atoms with Crippen molar-refractivity contribution < 1.29 is 23.5 Å². The molecule has 2 aromatic heterocycles. The Kier molecular flexibility index (Phi) is 14.4. The number of nitriles is 1. The van der Waals surface area contributed by atoms with E-state index < -0.39 is 6.04 Å². The number of amides is 3. The van der Waals surface area contributed by atoms with E-state index in [1.807, 2.05) is 35.2 Å². The molecule has 2 N–H and O–H groups in total. The largest absolute Gasteiger partial charge is 0.490 e. The van der Waals surface area contributed by atoms with Crippen molar-refractivity contribution in [2.24, 2.45) is 11.8 Å². The first-order valence-electron chi connectivity index (χ1n) is 23.6. The summed E-state index contributed by atoms with van der Waals surface area (Å²) in [6, 6.07) is 24.6. The molecule has 352 valence electrons. The van der Waals surface area contributed by atoms with Gasteiger partial charge in [-0.15, -0.1) is 0 Å². The molecule has 1 atom stereocenters. The van der Waals surface area contributed by atoms with E-state index in [9.17, 15) is 24.4 Å². The second kappa shape index (κ2) is 21.3. The molecule has 4 saturated heterocycles. The third kappa shape index (κ3) is 11.6. The fourth-order valence-electron chi connectivity index (χ4n) is 9.59. The number of carbonyl (C=O) groups is 3. The highest BCUT2D eigenvalue weighted by Crippen LogP contribution is 2.29. The fourth-order valence-corrected chi connectivity index (χ4v) is 9.59. The van der Waals surface area contributed by atoms with Crippen molar-refractivity contribution in [1.82, 2.24) is 39.8 Å². The summed E-state index contributed by atoms with van der Waals surface area (Å²) < 4.78 is 22.8. The zero-order valence-electron chi connectivity index (χ0n) is 38.1. The molecule has 0 spiro atoms. The second-order valence-electron chi connectivity index (χ2n) is 18.3. The van der Waals surface area contributed by atoms with Crippen LogP contribution in [0.25, 0.3) is 22.6 Å². The van der Waals surface area contributed by atoms with Gasteiger partial charge in [-0.25, -0.2) is 19.0 Å². The smallest absolute Gasteiger partial charge is 0.267 e. The van der Waals surface area contributed by atoms with E-state index in [2.05, 4.69) is 46.5 Å². The topological polar surface area (TPSA) is 182 Å². The predicted octanol–water partition coefficient (Wildman–Crippen LogP) is 4.80. The first kappa shape index (κ1) is 46.1. The van der Waals surface area contributed by atoms with Crippen LogP contribution in [-0.2, 0) is 20.9 Å². The lowest BCUT2D eigenvalue weighted by Crippen LogP contribution is -2.53.